The molecule has 3 aromatic rings. The lowest BCUT2D eigenvalue weighted by Gasteiger charge is -2.20. The van der Waals surface area contributed by atoms with Crippen molar-refractivity contribution in [3.05, 3.63) is 54.4 Å². The molecule has 1 fully saturated rings. The molecule has 0 bridgehead atoms. The summed E-state index contributed by atoms with van der Waals surface area (Å²) in [4.78, 5) is 19.3. The predicted molar refractivity (Wildman–Crippen MR) is 98.0 cm³/mol. The molecule has 0 radical (unpaired) electrons. The molecule has 25 heavy (non-hydrogen) atoms. The van der Waals surface area contributed by atoms with Gasteiger partial charge in [0.15, 0.2) is 0 Å². The fraction of sp³-hybridized carbons (Fsp3) is 0.300. The van der Waals surface area contributed by atoms with Crippen molar-refractivity contribution in [1.29, 1.82) is 0 Å². The van der Waals surface area contributed by atoms with Crippen LogP contribution in [0.1, 0.15) is 25.1 Å². The lowest BCUT2D eigenvalue weighted by Crippen LogP contribution is -2.25. The van der Waals surface area contributed by atoms with Crippen molar-refractivity contribution < 1.29 is 9.53 Å². The second-order valence-corrected chi connectivity index (χ2v) is 6.32. The van der Waals surface area contributed by atoms with Crippen molar-refractivity contribution in [2.75, 3.05) is 18.1 Å². The highest BCUT2D eigenvalue weighted by molar-refractivity contribution is 5.97. The quantitative estimate of drug-likeness (QED) is 0.733. The third-order valence-electron chi connectivity index (χ3n) is 4.77. The molecule has 1 saturated heterocycles. The maximum atomic E-state index is 12.7. The van der Waals surface area contributed by atoms with Crippen LogP contribution < -0.4 is 9.64 Å². The van der Waals surface area contributed by atoms with E-state index in [0.29, 0.717) is 19.6 Å². The van der Waals surface area contributed by atoms with Gasteiger partial charge in [-0.3, -0.25) is 4.79 Å². The summed E-state index contributed by atoms with van der Waals surface area (Å²) in [5.74, 6) is 1.92. The van der Waals surface area contributed by atoms with E-state index in [0.717, 1.165) is 28.3 Å². The number of aryl methyl sites for hydroxylation is 1. The number of anilines is 1. The van der Waals surface area contributed by atoms with E-state index < -0.39 is 0 Å². The Balaban J connectivity index is 1.67. The number of amides is 1. The van der Waals surface area contributed by atoms with Gasteiger partial charge in [0.05, 0.1) is 23.3 Å². The highest BCUT2D eigenvalue weighted by Gasteiger charge is 2.35. The zero-order chi connectivity index (χ0) is 17.4. The van der Waals surface area contributed by atoms with Crippen molar-refractivity contribution in [2.24, 2.45) is 7.05 Å². The first-order valence-electron chi connectivity index (χ1n) is 8.62. The number of hydrogen-bond donors (Lipinski definition) is 0. The van der Waals surface area contributed by atoms with Gasteiger partial charge in [0.25, 0.3) is 0 Å². The minimum Gasteiger partial charge on any atom is -0.492 e. The SMILES string of the molecule is CCOc1ccccc1N1C[C@H](c2nc3ccccc3n2C)CC1=O. The molecule has 2 heterocycles. The second kappa shape index (κ2) is 6.24. The maximum Gasteiger partial charge on any atom is 0.227 e. The molecule has 128 valence electrons. The zero-order valence-corrected chi connectivity index (χ0v) is 14.5. The third-order valence-corrected chi connectivity index (χ3v) is 4.77. The molecule has 1 atom stereocenters. The van der Waals surface area contributed by atoms with E-state index in [-0.39, 0.29) is 11.8 Å². The molecule has 1 amide bonds. The molecule has 0 unspecified atom stereocenters. The standard InChI is InChI=1S/C20H21N3O2/c1-3-25-18-11-7-6-10-17(18)23-13-14(12-19(23)24)20-21-15-8-4-5-9-16(15)22(20)2/h4-11,14H,3,12-13H2,1-2H3/t14-/m1/s1. The lowest BCUT2D eigenvalue weighted by molar-refractivity contribution is -0.117. The molecule has 1 aliphatic heterocycles. The fourth-order valence-corrected chi connectivity index (χ4v) is 3.60. The van der Waals surface area contributed by atoms with Gasteiger partial charge in [0, 0.05) is 25.9 Å². The molecule has 2 aromatic carbocycles. The summed E-state index contributed by atoms with van der Waals surface area (Å²) in [6.07, 6.45) is 0.470. The van der Waals surface area contributed by atoms with Crippen molar-refractivity contribution in [2.45, 2.75) is 19.3 Å². The smallest absolute Gasteiger partial charge is 0.227 e. The van der Waals surface area contributed by atoms with Crippen LogP contribution in [0.5, 0.6) is 5.75 Å². The Labute approximate surface area is 146 Å². The molecular formula is C20H21N3O2. The summed E-state index contributed by atoms with van der Waals surface area (Å²) in [5.41, 5.74) is 2.91. The van der Waals surface area contributed by atoms with Crippen LogP contribution in [0.25, 0.3) is 11.0 Å². The predicted octanol–water partition coefficient (Wildman–Crippen LogP) is 3.49. The average Bonchev–Trinajstić information content (AvgIpc) is 3.17. The first kappa shape index (κ1) is 15.7. The van der Waals surface area contributed by atoms with E-state index in [1.165, 1.54) is 0 Å². The Bertz CT molecular complexity index is 932. The van der Waals surface area contributed by atoms with Gasteiger partial charge in [0.1, 0.15) is 11.6 Å². The molecule has 0 spiro atoms. The fourth-order valence-electron chi connectivity index (χ4n) is 3.60. The number of hydrogen-bond acceptors (Lipinski definition) is 3. The Morgan fingerprint density at radius 3 is 2.72 bits per heavy atom. The molecule has 5 heteroatoms. The number of aromatic nitrogens is 2. The van der Waals surface area contributed by atoms with E-state index in [1.54, 1.807) is 0 Å². The third kappa shape index (κ3) is 2.65. The summed E-state index contributed by atoms with van der Waals surface area (Å²) >= 11 is 0. The van der Waals surface area contributed by atoms with Gasteiger partial charge in [-0.05, 0) is 31.2 Å². The Kier molecular flexibility index (Phi) is 3.92. The van der Waals surface area contributed by atoms with Crippen molar-refractivity contribution in [1.82, 2.24) is 9.55 Å². The highest BCUT2D eigenvalue weighted by atomic mass is 16.5. The highest BCUT2D eigenvalue weighted by Crippen LogP contribution is 2.36. The first-order chi connectivity index (χ1) is 12.2. The minimum atomic E-state index is 0.0829. The van der Waals surface area contributed by atoms with Gasteiger partial charge >= 0.3 is 0 Å². The van der Waals surface area contributed by atoms with E-state index in [4.69, 9.17) is 9.72 Å². The summed E-state index contributed by atoms with van der Waals surface area (Å²) in [7, 11) is 2.02. The number of imidazole rings is 1. The molecule has 0 saturated carbocycles. The van der Waals surface area contributed by atoms with Crippen molar-refractivity contribution >= 4 is 22.6 Å². The van der Waals surface area contributed by atoms with Gasteiger partial charge in [0.2, 0.25) is 5.91 Å². The van der Waals surface area contributed by atoms with Gasteiger partial charge in [-0.1, -0.05) is 24.3 Å². The first-order valence-corrected chi connectivity index (χ1v) is 8.62. The van der Waals surface area contributed by atoms with Crippen LogP contribution in [0.15, 0.2) is 48.5 Å². The van der Waals surface area contributed by atoms with Crippen LogP contribution in [0.2, 0.25) is 0 Å². The topological polar surface area (TPSA) is 47.4 Å². The largest absolute Gasteiger partial charge is 0.492 e. The molecule has 0 aliphatic carbocycles. The Morgan fingerprint density at radius 2 is 1.92 bits per heavy atom. The number of rotatable bonds is 4. The normalized spacial score (nSPS) is 17.4. The minimum absolute atomic E-state index is 0.0829. The number of fused-ring (bicyclic) bond motifs is 1. The van der Waals surface area contributed by atoms with Crippen LogP contribution in [0.3, 0.4) is 0 Å². The number of ether oxygens (including phenoxy) is 1. The van der Waals surface area contributed by atoms with Crippen LogP contribution in [0.4, 0.5) is 5.69 Å². The second-order valence-electron chi connectivity index (χ2n) is 6.32. The number of carbonyl (C=O) groups excluding carboxylic acids is 1. The van der Waals surface area contributed by atoms with Gasteiger partial charge in [-0.2, -0.15) is 0 Å². The van der Waals surface area contributed by atoms with Gasteiger partial charge in [-0.15, -0.1) is 0 Å². The van der Waals surface area contributed by atoms with E-state index in [9.17, 15) is 4.79 Å². The summed E-state index contributed by atoms with van der Waals surface area (Å²) in [6.45, 7) is 3.15. The molecule has 1 aliphatic rings. The number of nitrogens with zero attached hydrogens (tertiary/aromatic N) is 3. The lowest BCUT2D eigenvalue weighted by atomic mass is 10.1. The molecule has 4 rings (SSSR count). The van der Waals surface area contributed by atoms with Gasteiger partial charge in [-0.25, -0.2) is 4.98 Å². The molecule has 0 N–H and O–H groups in total. The van der Waals surface area contributed by atoms with E-state index in [1.807, 2.05) is 61.3 Å². The summed E-state index contributed by atoms with van der Waals surface area (Å²) in [5, 5.41) is 0. The molecule has 5 nitrogen and oxygen atoms in total. The van der Waals surface area contributed by atoms with E-state index >= 15 is 0 Å². The average molecular weight is 335 g/mol. The van der Waals surface area contributed by atoms with E-state index in [2.05, 4.69) is 10.6 Å². The van der Waals surface area contributed by atoms with Crippen LogP contribution in [0, 0.1) is 0 Å². The van der Waals surface area contributed by atoms with Crippen LogP contribution in [-0.2, 0) is 11.8 Å². The summed E-state index contributed by atoms with van der Waals surface area (Å²) in [6, 6.07) is 15.8. The van der Waals surface area contributed by atoms with Crippen molar-refractivity contribution in [3.8, 4) is 5.75 Å². The monoisotopic (exact) mass is 335 g/mol. The molecular weight excluding hydrogens is 314 g/mol. The number of benzene rings is 2. The van der Waals surface area contributed by atoms with Gasteiger partial charge < -0.3 is 14.2 Å². The summed E-state index contributed by atoms with van der Waals surface area (Å²) < 4.78 is 7.80. The number of para-hydroxylation sites is 4. The van der Waals surface area contributed by atoms with Crippen molar-refractivity contribution in [3.63, 3.8) is 0 Å². The Morgan fingerprint density at radius 1 is 1.16 bits per heavy atom. The molecule has 1 aromatic heterocycles. The van der Waals surface area contributed by atoms with Crippen LogP contribution >= 0.6 is 0 Å². The maximum absolute atomic E-state index is 12.7. The van der Waals surface area contributed by atoms with Crippen LogP contribution in [-0.4, -0.2) is 28.6 Å². The Hall–Kier alpha value is -2.82. The zero-order valence-electron chi connectivity index (χ0n) is 14.5. The number of carbonyl (C=O) groups is 1.